The summed E-state index contributed by atoms with van der Waals surface area (Å²) < 4.78 is 45.3. The van der Waals surface area contributed by atoms with Crippen molar-refractivity contribution in [2.24, 2.45) is 11.8 Å². The molecule has 5 unspecified atom stereocenters. The maximum Gasteiger partial charge on any atom is 0.328 e. The van der Waals surface area contributed by atoms with Crippen molar-refractivity contribution in [3.05, 3.63) is 37.9 Å². The molecule has 1 aromatic rings. The molecule has 170 valence electrons. The predicted octanol–water partition coefficient (Wildman–Crippen LogP) is 2.28. The Bertz CT molecular complexity index is 1060. The molecule has 3 N–H and O–H groups in total. The van der Waals surface area contributed by atoms with Gasteiger partial charge in [-0.15, -0.1) is 0 Å². The molecule has 4 aliphatic rings. The summed E-state index contributed by atoms with van der Waals surface area (Å²) in [5, 5.41) is 20.9. The van der Waals surface area contributed by atoms with Crippen LogP contribution in [0.15, 0.2) is 15.4 Å². The van der Waals surface area contributed by atoms with E-state index >= 15 is 4.39 Å². The maximum absolute atomic E-state index is 15.4. The number of hydrogen-bond donors (Lipinski definition) is 3. The molecule has 10 heteroatoms. The Kier molecular flexibility index (Phi) is 4.68. The first-order chi connectivity index (χ1) is 14.6. The van der Waals surface area contributed by atoms with Crippen molar-refractivity contribution in [3.63, 3.8) is 0 Å². The number of nitrogens with zero attached hydrogens (tertiary/aromatic N) is 2. The minimum atomic E-state index is -3.18. The van der Waals surface area contributed by atoms with Crippen molar-refractivity contribution in [2.45, 2.75) is 69.1 Å². The number of aromatic nitrogens is 2. The number of aliphatic hydroxyl groups excluding tert-OH is 2. The highest BCUT2D eigenvalue weighted by Gasteiger charge is 2.53. The van der Waals surface area contributed by atoms with E-state index in [2.05, 4.69) is 4.98 Å². The number of aromatic amines is 1. The van der Waals surface area contributed by atoms with Crippen molar-refractivity contribution >= 4 is 5.76 Å². The van der Waals surface area contributed by atoms with Gasteiger partial charge < -0.3 is 10.2 Å². The second-order valence-electron chi connectivity index (χ2n) is 9.53. The third-order valence-electron chi connectivity index (χ3n) is 7.56. The molecule has 0 spiro atoms. The number of likely N-dealkylation sites (tertiary alicyclic amines) is 1. The van der Waals surface area contributed by atoms with Crippen LogP contribution in [-0.4, -0.2) is 55.8 Å². The molecule has 3 aliphatic carbocycles. The zero-order valence-corrected chi connectivity index (χ0v) is 17.2. The van der Waals surface area contributed by atoms with Crippen molar-refractivity contribution < 1.29 is 23.4 Å². The predicted molar refractivity (Wildman–Crippen MR) is 106 cm³/mol. The third kappa shape index (κ3) is 3.09. The van der Waals surface area contributed by atoms with Crippen molar-refractivity contribution in [1.82, 2.24) is 14.5 Å². The molecular formula is C21H26F3N3O4. The van der Waals surface area contributed by atoms with Gasteiger partial charge in [0.2, 0.25) is 0 Å². The fraction of sp³-hybridized carbons (Fsp3) is 0.714. The Morgan fingerprint density at radius 1 is 1.16 bits per heavy atom. The van der Waals surface area contributed by atoms with Crippen molar-refractivity contribution in [1.29, 1.82) is 0 Å². The van der Waals surface area contributed by atoms with Gasteiger partial charge >= 0.3 is 5.69 Å². The van der Waals surface area contributed by atoms with Crippen LogP contribution in [-0.2, 0) is 0 Å². The first-order valence-corrected chi connectivity index (χ1v) is 10.9. The van der Waals surface area contributed by atoms with Crippen LogP contribution in [0, 0.1) is 11.8 Å². The van der Waals surface area contributed by atoms with E-state index in [1.165, 1.54) is 4.57 Å². The van der Waals surface area contributed by atoms with Crippen LogP contribution in [0.5, 0.6) is 0 Å². The summed E-state index contributed by atoms with van der Waals surface area (Å²) in [7, 11) is 0. The Labute approximate surface area is 176 Å². The van der Waals surface area contributed by atoms with E-state index < -0.39 is 52.7 Å². The number of aliphatic hydroxyl groups is 2. The van der Waals surface area contributed by atoms with Gasteiger partial charge in [-0.3, -0.25) is 19.2 Å². The van der Waals surface area contributed by atoms with Crippen LogP contribution in [0.3, 0.4) is 0 Å². The van der Waals surface area contributed by atoms with Gasteiger partial charge in [-0.05, 0) is 31.6 Å². The second-order valence-corrected chi connectivity index (χ2v) is 9.53. The first kappa shape index (κ1) is 20.8. The lowest BCUT2D eigenvalue weighted by atomic mass is 9.85. The molecule has 1 saturated heterocycles. The molecule has 0 aromatic carbocycles. The van der Waals surface area contributed by atoms with Crippen molar-refractivity contribution in [3.8, 4) is 0 Å². The molecule has 3 fully saturated rings. The molecule has 5 rings (SSSR count). The van der Waals surface area contributed by atoms with E-state index in [1.807, 2.05) is 0 Å². The van der Waals surface area contributed by atoms with E-state index in [0.717, 1.165) is 12.8 Å². The lowest BCUT2D eigenvalue weighted by Gasteiger charge is -2.37. The minimum absolute atomic E-state index is 0.0588. The smallest absolute Gasteiger partial charge is 0.328 e. The summed E-state index contributed by atoms with van der Waals surface area (Å²) >= 11 is 0. The number of halogens is 3. The zero-order valence-electron chi connectivity index (χ0n) is 17.2. The van der Waals surface area contributed by atoms with Crippen LogP contribution in [0.1, 0.15) is 62.2 Å². The lowest BCUT2D eigenvalue weighted by molar-refractivity contribution is -0.132. The van der Waals surface area contributed by atoms with Gasteiger partial charge in [-0.25, -0.2) is 18.0 Å². The minimum Gasteiger partial charge on any atom is -0.504 e. The second kappa shape index (κ2) is 6.96. The summed E-state index contributed by atoms with van der Waals surface area (Å²) in [6.45, 7) is 2.05. The highest BCUT2D eigenvalue weighted by atomic mass is 19.3. The van der Waals surface area contributed by atoms with Gasteiger partial charge in [0.1, 0.15) is 11.7 Å². The van der Waals surface area contributed by atoms with Crippen LogP contribution in [0.25, 0.3) is 5.76 Å². The molecule has 0 bridgehead atoms. The summed E-state index contributed by atoms with van der Waals surface area (Å²) in [5.41, 5.74) is -1.36. The average molecular weight is 441 g/mol. The molecule has 31 heavy (non-hydrogen) atoms. The van der Waals surface area contributed by atoms with Gasteiger partial charge in [0.15, 0.2) is 11.6 Å². The van der Waals surface area contributed by atoms with Crippen molar-refractivity contribution in [2.75, 3.05) is 13.1 Å². The van der Waals surface area contributed by atoms with E-state index in [4.69, 9.17) is 0 Å². The SMILES string of the molecule is CC1c2c(c(=O)[nH]c(=O)n2C2CC2)C(O)=C(F)C1N1CC2CCCC(F)(F)C(O)C2C1. The largest absolute Gasteiger partial charge is 0.504 e. The van der Waals surface area contributed by atoms with E-state index in [0.29, 0.717) is 13.0 Å². The van der Waals surface area contributed by atoms with E-state index in [-0.39, 0.29) is 42.6 Å². The Balaban J connectivity index is 1.56. The van der Waals surface area contributed by atoms with E-state index in [1.54, 1.807) is 11.8 Å². The Morgan fingerprint density at radius 3 is 2.55 bits per heavy atom. The number of fused-ring (bicyclic) bond motifs is 2. The zero-order chi connectivity index (χ0) is 22.2. The van der Waals surface area contributed by atoms with Crippen LogP contribution >= 0.6 is 0 Å². The standard InChI is InChI=1S/C21H26F3N3O4/c1-9-15-13(19(30)25-20(31)27(15)11-4-5-11)17(28)14(22)16(9)26-7-10-3-2-6-21(23,24)18(29)12(10)8-26/h9-12,16,18,28-29H,2-8H2,1H3,(H,25,30,31). The van der Waals surface area contributed by atoms with Gasteiger partial charge in [-0.1, -0.05) is 6.92 Å². The monoisotopic (exact) mass is 441 g/mol. The Morgan fingerprint density at radius 2 is 1.87 bits per heavy atom. The molecule has 0 amide bonds. The summed E-state index contributed by atoms with van der Waals surface area (Å²) in [4.78, 5) is 28.8. The molecule has 1 aromatic heterocycles. The number of nitrogens with one attached hydrogen (secondary N) is 1. The van der Waals surface area contributed by atoms with Gasteiger partial charge in [0.25, 0.3) is 11.5 Å². The number of H-pyrrole nitrogens is 1. The molecule has 1 aliphatic heterocycles. The highest BCUT2D eigenvalue weighted by Crippen LogP contribution is 2.47. The number of alkyl halides is 2. The van der Waals surface area contributed by atoms with Crippen LogP contribution in [0.4, 0.5) is 13.2 Å². The normalized spacial score (nSPS) is 35.6. The van der Waals surface area contributed by atoms with Gasteiger partial charge in [0.05, 0.1) is 6.04 Å². The quantitative estimate of drug-likeness (QED) is 0.654. The van der Waals surface area contributed by atoms with Gasteiger partial charge in [-0.2, -0.15) is 0 Å². The summed E-state index contributed by atoms with van der Waals surface area (Å²) in [6.07, 6.45) is 0.122. The third-order valence-corrected chi connectivity index (χ3v) is 7.56. The summed E-state index contributed by atoms with van der Waals surface area (Å²) in [5.74, 6) is -6.45. The van der Waals surface area contributed by atoms with E-state index in [9.17, 15) is 28.6 Å². The average Bonchev–Trinajstić information content (AvgIpc) is 3.46. The van der Waals surface area contributed by atoms with Gasteiger partial charge in [0, 0.05) is 43.1 Å². The Hall–Kier alpha value is -2.07. The topological polar surface area (TPSA) is 98.6 Å². The maximum atomic E-state index is 15.4. The molecule has 0 radical (unpaired) electrons. The molecule has 2 saturated carbocycles. The fourth-order valence-electron chi connectivity index (χ4n) is 5.92. The van der Waals surface area contributed by atoms with Crippen LogP contribution in [0.2, 0.25) is 0 Å². The fourth-order valence-corrected chi connectivity index (χ4v) is 5.92. The lowest BCUT2D eigenvalue weighted by Crippen LogP contribution is -2.46. The highest BCUT2D eigenvalue weighted by molar-refractivity contribution is 5.66. The molecule has 2 heterocycles. The summed E-state index contributed by atoms with van der Waals surface area (Å²) in [6, 6.07) is -1.10. The molecular weight excluding hydrogens is 415 g/mol. The first-order valence-electron chi connectivity index (χ1n) is 10.9. The molecule has 7 nitrogen and oxygen atoms in total. The number of rotatable bonds is 2. The number of hydrogen-bond acceptors (Lipinski definition) is 5. The van der Waals surface area contributed by atoms with Crippen LogP contribution < -0.4 is 11.2 Å². The molecule has 5 atom stereocenters.